The number of imidazole rings is 1. The monoisotopic (exact) mass is 341 g/mol. The molecule has 1 aromatic rings. The Balaban J connectivity index is 1.83. The Hall–Kier alpha value is -1.45. The Morgan fingerprint density at radius 1 is 1.09 bits per heavy atom. The van der Waals surface area contributed by atoms with Gasteiger partial charge in [0.1, 0.15) is 0 Å². The Bertz CT molecular complexity index is 719. The Kier molecular flexibility index (Phi) is 4.19. The second-order valence-corrected chi connectivity index (χ2v) is 8.31. The number of carbonyl (C=O) groups excluding carboxylic acids is 1. The first kappa shape index (κ1) is 16.4. The number of fused-ring (bicyclic) bond motifs is 1. The zero-order valence-electron chi connectivity index (χ0n) is 13.8. The van der Waals surface area contributed by atoms with Gasteiger partial charge in [0, 0.05) is 51.9 Å². The van der Waals surface area contributed by atoms with E-state index >= 15 is 0 Å². The lowest BCUT2D eigenvalue weighted by molar-refractivity contribution is 0.0648. The average molecular weight is 341 g/mol. The van der Waals surface area contributed by atoms with Crippen LogP contribution >= 0.6 is 0 Å². The van der Waals surface area contributed by atoms with Crippen LogP contribution in [0.3, 0.4) is 0 Å². The van der Waals surface area contributed by atoms with E-state index in [9.17, 15) is 13.2 Å². The number of sulfonamides is 1. The molecule has 0 aliphatic carbocycles. The number of amides is 1. The number of carbonyl (C=O) groups is 1. The van der Waals surface area contributed by atoms with Crippen LogP contribution in [0.2, 0.25) is 0 Å². The first-order valence-corrected chi connectivity index (χ1v) is 9.59. The molecule has 8 nitrogen and oxygen atoms in total. The van der Waals surface area contributed by atoms with Gasteiger partial charge in [0.05, 0.1) is 18.5 Å². The summed E-state index contributed by atoms with van der Waals surface area (Å²) in [6.45, 7) is 3.80. The minimum atomic E-state index is -3.24. The molecule has 1 fully saturated rings. The molecule has 3 heterocycles. The molecule has 1 saturated heterocycles. The van der Waals surface area contributed by atoms with Crippen molar-refractivity contribution in [2.24, 2.45) is 7.05 Å². The highest BCUT2D eigenvalue weighted by Gasteiger charge is 2.31. The van der Waals surface area contributed by atoms with Crippen LogP contribution in [0.15, 0.2) is 0 Å². The summed E-state index contributed by atoms with van der Waals surface area (Å²) in [6.07, 6.45) is 1.79. The zero-order valence-corrected chi connectivity index (χ0v) is 14.6. The number of piperazine rings is 1. The lowest BCUT2D eigenvalue weighted by atomic mass is 10.2. The molecule has 23 heavy (non-hydrogen) atoms. The van der Waals surface area contributed by atoms with Crippen LogP contribution < -0.4 is 0 Å². The van der Waals surface area contributed by atoms with Crippen LogP contribution in [0.25, 0.3) is 0 Å². The van der Waals surface area contributed by atoms with E-state index in [-0.39, 0.29) is 12.5 Å². The number of likely N-dealkylation sites (N-methyl/N-ethyl adjacent to an activating group) is 1. The molecular formula is C14H23N5O3S. The van der Waals surface area contributed by atoms with E-state index in [2.05, 4.69) is 9.88 Å². The van der Waals surface area contributed by atoms with E-state index in [1.165, 1.54) is 10.6 Å². The van der Waals surface area contributed by atoms with E-state index in [1.807, 2.05) is 23.6 Å². The fraction of sp³-hybridized carbons (Fsp3) is 0.714. The lowest BCUT2D eigenvalue weighted by Gasteiger charge is -2.32. The molecule has 0 N–H and O–H groups in total. The molecule has 0 saturated carbocycles. The topological polar surface area (TPSA) is 78.8 Å². The van der Waals surface area contributed by atoms with Gasteiger partial charge >= 0.3 is 0 Å². The van der Waals surface area contributed by atoms with Gasteiger partial charge in [0.25, 0.3) is 5.91 Å². The van der Waals surface area contributed by atoms with E-state index < -0.39 is 10.0 Å². The van der Waals surface area contributed by atoms with Crippen molar-refractivity contribution in [3.63, 3.8) is 0 Å². The highest BCUT2D eigenvalue weighted by molar-refractivity contribution is 7.88. The van der Waals surface area contributed by atoms with Crippen LogP contribution in [-0.2, 0) is 30.0 Å². The predicted octanol–water partition coefficient (Wildman–Crippen LogP) is -0.875. The maximum atomic E-state index is 12.7. The van der Waals surface area contributed by atoms with Crippen LogP contribution in [-0.4, -0.2) is 84.0 Å². The quantitative estimate of drug-likeness (QED) is 0.698. The van der Waals surface area contributed by atoms with E-state index in [4.69, 9.17) is 0 Å². The van der Waals surface area contributed by atoms with Gasteiger partial charge in [0.15, 0.2) is 5.82 Å². The predicted molar refractivity (Wildman–Crippen MR) is 85.6 cm³/mol. The standard InChI is InChI=1S/C14H23N5O3S/c1-16-6-8-18(9-7-16)14(20)13-15-11-10-19(23(3,21)22)5-4-12(11)17(13)2/h4-10H2,1-3H3. The summed E-state index contributed by atoms with van der Waals surface area (Å²) in [6, 6.07) is 0. The number of hydrogen-bond acceptors (Lipinski definition) is 5. The van der Waals surface area contributed by atoms with Crippen LogP contribution in [0, 0.1) is 0 Å². The summed E-state index contributed by atoms with van der Waals surface area (Å²) in [5, 5.41) is 0. The minimum absolute atomic E-state index is 0.0686. The summed E-state index contributed by atoms with van der Waals surface area (Å²) < 4.78 is 26.7. The maximum Gasteiger partial charge on any atom is 0.289 e. The van der Waals surface area contributed by atoms with E-state index in [1.54, 1.807) is 0 Å². The SMILES string of the molecule is CN1CCN(C(=O)c2nc3c(n2C)CCN(S(C)(=O)=O)C3)CC1. The van der Waals surface area contributed by atoms with Gasteiger partial charge in [0.2, 0.25) is 10.0 Å². The Labute approximate surface area is 136 Å². The van der Waals surface area contributed by atoms with Gasteiger partial charge in [-0.05, 0) is 7.05 Å². The third-order valence-corrected chi connectivity index (χ3v) is 5.92. The number of nitrogens with zero attached hydrogens (tertiary/aromatic N) is 5. The lowest BCUT2D eigenvalue weighted by Crippen LogP contribution is -2.47. The van der Waals surface area contributed by atoms with Crippen molar-refractivity contribution in [2.45, 2.75) is 13.0 Å². The molecule has 9 heteroatoms. The van der Waals surface area contributed by atoms with Crippen molar-refractivity contribution in [1.82, 2.24) is 23.7 Å². The number of aromatic nitrogens is 2. The molecule has 0 bridgehead atoms. The first-order chi connectivity index (χ1) is 10.8. The van der Waals surface area contributed by atoms with Gasteiger partial charge < -0.3 is 14.4 Å². The second kappa shape index (κ2) is 5.88. The molecule has 128 valence electrons. The molecule has 0 unspecified atom stereocenters. The fourth-order valence-corrected chi connectivity index (χ4v) is 3.91. The van der Waals surface area contributed by atoms with Gasteiger partial charge in [-0.15, -0.1) is 0 Å². The summed E-state index contributed by atoms with van der Waals surface area (Å²) in [7, 11) is 0.645. The molecule has 1 amide bonds. The van der Waals surface area contributed by atoms with Crippen molar-refractivity contribution in [1.29, 1.82) is 0 Å². The van der Waals surface area contributed by atoms with Crippen LogP contribution in [0.4, 0.5) is 0 Å². The highest BCUT2D eigenvalue weighted by Crippen LogP contribution is 2.22. The maximum absolute atomic E-state index is 12.7. The van der Waals surface area contributed by atoms with Crippen molar-refractivity contribution in [3.05, 3.63) is 17.2 Å². The minimum Gasteiger partial charge on any atom is -0.333 e. The first-order valence-electron chi connectivity index (χ1n) is 7.75. The Morgan fingerprint density at radius 2 is 1.74 bits per heavy atom. The largest absolute Gasteiger partial charge is 0.333 e. The molecule has 2 aliphatic rings. The fourth-order valence-electron chi connectivity index (χ4n) is 3.13. The van der Waals surface area contributed by atoms with Crippen molar-refractivity contribution in [3.8, 4) is 0 Å². The summed E-state index contributed by atoms with van der Waals surface area (Å²) in [5.74, 6) is 0.343. The van der Waals surface area contributed by atoms with Crippen molar-refractivity contribution in [2.75, 3.05) is 46.0 Å². The average Bonchev–Trinajstić information content (AvgIpc) is 2.83. The van der Waals surface area contributed by atoms with E-state index in [0.29, 0.717) is 37.6 Å². The molecule has 0 aromatic carbocycles. The summed E-state index contributed by atoms with van der Waals surface area (Å²) in [4.78, 5) is 21.2. The molecule has 0 radical (unpaired) electrons. The normalized spacial score (nSPS) is 20.6. The molecule has 0 spiro atoms. The van der Waals surface area contributed by atoms with E-state index in [0.717, 1.165) is 18.8 Å². The molecule has 2 aliphatic heterocycles. The van der Waals surface area contributed by atoms with Gasteiger partial charge in [-0.2, -0.15) is 4.31 Å². The van der Waals surface area contributed by atoms with Crippen LogP contribution in [0.1, 0.15) is 22.0 Å². The summed E-state index contributed by atoms with van der Waals surface area (Å²) in [5.41, 5.74) is 1.66. The zero-order chi connectivity index (χ0) is 16.8. The summed E-state index contributed by atoms with van der Waals surface area (Å²) >= 11 is 0. The molecule has 3 rings (SSSR count). The molecular weight excluding hydrogens is 318 g/mol. The Morgan fingerprint density at radius 3 is 2.35 bits per heavy atom. The third-order valence-electron chi connectivity index (χ3n) is 4.67. The van der Waals surface area contributed by atoms with Crippen molar-refractivity contribution >= 4 is 15.9 Å². The van der Waals surface area contributed by atoms with Crippen molar-refractivity contribution < 1.29 is 13.2 Å². The molecule has 1 aromatic heterocycles. The van der Waals surface area contributed by atoms with Crippen LogP contribution in [0.5, 0.6) is 0 Å². The smallest absolute Gasteiger partial charge is 0.289 e. The molecule has 0 atom stereocenters. The third kappa shape index (κ3) is 3.13. The highest BCUT2D eigenvalue weighted by atomic mass is 32.2. The van der Waals surface area contributed by atoms with Gasteiger partial charge in [-0.25, -0.2) is 13.4 Å². The van der Waals surface area contributed by atoms with Gasteiger partial charge in [-0.1, -0.05) is 0 Å². The van der Waals surface area contributed by atoms with Gasteiger partial charge in [-0.3, -0.25) is 4.79 Å². The number of rotatable bonds is 2. The number of hydrogen-bond donors (Lipinski definition) is 0. The second-order valence-electron chi connectivity index (χ2n) is 6.33.